The Kier molecular flexibility index (Phi) is 11.6. The maximum atomic E-state index is 2.61. The van der Waals surface area contributed by atoms with Gasteiger partial charge in [-0.2, -0.15) is 0 Å². The van der Waals surface area contributed by atoms with Crippen LogP contribution in [0.5, 0.6) is 0 Å². The molecule has 2 aliphatic heterocycles. The minimum atomic E-state index is -0.0779. The third-order valence-electron chi connectivity index (χ3n) is 19.4. The van der Waals surface area contributed by atoms with Crippen LogP contribution in [0.1, 0.15) is 105 Å². The Morgan fingerprint density at radius 2 is 0.557 bits per heavy atom. The van der Waals surface area contributed by atoms with Gasteiger partial charge >= 0.3 is 0 Å². The van der Waals surface area contributed by atoms with Crippen molar-refractivity contribution in [3.8, 4) is 17.1 Å². The second-order valence-corrected chi connectivity index (χ2v) is 29.1. The van der Waals surface area contributed by atoms with Crippen molar-refractivity contribution in [1.29, 1.82) is 0 Å². The van der Waals surface area contributed by atoms with Crippen LogP contribution in [0.25, 0.3) is 82.5 Å². The van der Waals surface area contributed by atoms with Gasteiger partial charge in [-0.15, -0.1) is 0 Å². The van der Waals surface area contributed by atoms with Gasteiger partial charge in [0.15, 0.2) is 0 Å². The van der Waals surface area contributed by atoms with Gasteiger partial charge in [-0.1, -0.05) is 217 Å². The van der Waals surface area contributed by atoms with Gasteiger partial charge in [0.1, 0.15) is 0 Å². The highest BCUT2D eigenvalue weighted by Gasteiger charge is 2.45. The second kappa shape index (κ2) is 19.0. The van der Waals surface area contributed by atoms with Crippen molar-refractivity contribution in [3.63, 3.8) is 0 Å². The first kappa shape index (κ1) is 53.9. The van der Waals surface area contributed by atoms with Gasteiger partial charge in [-0.3, -0.25) is 0 Å². The van der Waals surface area contributed by atoms with Gasteiger partial charge in [-0.05, 0) is 157 Å². The molecule has 0 saturated heterocycles. The van der Waals surface area contributed by atoms with E-state index >= 15 is 0 Å². The van der Waals surface area contributed by atoms with Crippen molar-refractivity contribution in [2.24, 2.45) is 0 Å². The van der Waals surface area contributed by atoms with E-state index in [9.17, 15) is 0 Å². The van der Waals surface area contributed by atoms with E-state index in [2.05, 4.69) is 337 Å². The molecule has 0 atom stereocenters. The van der Waals surface area contributed by atoms with Crippen LogP contribution in [-0.4, -0.2) is 20.4 Å². The molecule has 0 radical (unpaired) electrons. The summed E-state index contributed by atoms with van der Waals surface area (Å²) in [5, 5.41) is 7.37. The molecule has 0 saturated carbocycles. The van der Waals surface area contributed by atoms with Gasteiger partial charge in [0.05, 0.1) is 38.8 Å². The van der Waals surface area contributed by atoms with Crippen LogP contribution in [-0.2, 0) is 21.7 Å². The lowest BCUT2D eigenvalue weighted by molar-refractivity contribution is 0.590. The number of anilines is 6. The molecule has 6 heteroatoms. The SMILES string of the molecule is CC(C)(C)c1ccc(N2c3ccc(C(C)(C)C)cc3B3c4cc(C(C)(C)C)ccc4N(c4ccc(C(C)(C)C)cc4)c4cc(-n5c6ccccc6c6ccc7c8ccccc8n(-c8ccc(-n9c%10ccccc%10c%10ccccc%109)cc8)c7c65)cc2c43)cc1. The number of benzene rings is 11. The summed E-state index contributed by atoms with van der Waals surface area (Å²) in [6.45, 7) is 27.9. The summed E-state index contributed by atoms with van der Waals surface area (Å²) in [7, 11) is 0. The summed E-state index contributed by atoms with van der Waals surface area (Å²) in [6, 6.07) is 88.4. The fraction of sp³-hybridized carbons (Fsp3) is 0.195. The average Bonchev–Trinajstić information content (AvgIpc) is 1.56. The Balaban J connectivity index is 1.02. The van der Waals surface area contributed by atoms with Crippen LogP contribution in [0.2, 0.25) is 0 Å². The van der Waals surface area contributed by atoms with Crippen LogP contribution in [0.3, 0.4) is 0 Å². The zero-order valence-electron chi connectivity index (χ0n) is 52.8. The quantitative estimate of drug-likeness (QED) is 0.160. The Bertz CT molecular complexity index is 4980. The summed E-state index contributed by atoms with van der Waals surface area (Å²) in [5.74, 6) is 0. The predicted octanol–water partition coefficient (Wildman–Crippen LogP) is 20.3. The lowest BCUT2D eigenvalue weighted by Gasteiger charge is -2.45. The molecule has 5 heterocycles. The minimum Gasteiger partial charge on any atom is -0.311 e. The first-order chi connectivity index (χ1) is 42.2. The third-order valence-corrected chi connectivity index (χ3v) is 19.4. The normalized spacial score (nSPS) is 13.6. The standard InChI is InChI=1S/C82H74BN5/c1-79(2,3)51-29-35-55(36-30-51)85-72-45-33-53(81(7,8)9)47-66(72)83-67-48-54(82(10,11)12)34-46-73(67)86(56-37-31-52(32-38-56)80(4,5)6)75-50-59(49-74(85)76(75)83)88-71-28-20-16-24-63(71)65-44-43-64-62-23-15-19-27-70(62)87(77(64)78(65)88)58-41-39-57(40-42-58)84-68-25-17-13-21-60(68)61-22-14-18-26-69(61)84/h13-50H,1-12H3. The molecule has 16 rings (SSSR count). The van der Waals surface area contributed by atoms with E-state index in [0.717, 1.165) is 34.0 Å². The first-order valence-electron chi connectivity index (χ1n) is 31.5. The molecule has 88 heavy (non-hydrogen) atoms. The van der Waals surface area contributed by atoms with Crippen molar-refractivity contribution in [1.82, 2.24) is 13.7 Å². The number of rotatable bonds is 5. The number of hydrogen-bond acceptors (Lipinski definition) is 2. The van der Waals surface area contributed by atoms with Crippen molar-refractivity contribution in [2.75, 3.05) is 9.80 Å². The molecule has 0 unspecified atom stereocenters. The summed E-state index contributed by atoms with van der Waals surface area (Å²) >= 11 is 0. The van der Waals surface area contributed by atoms with Gasteiger partial charge in [-0.25, -0.2) is 0 Å². The van der Waals surface area contributed by atoms with E-state index in [4.69, 9.17) is 0 Å². The van der Waals surface area contributed by atoms with Crippen molar-refractivity contribution in [3.05, 3.63) is 253 Å². The maximum absolute atomic E-state index is 2.61. The van der Waals surface area contributed by atoms with Crippen molar-refractivity contribution >= 4 is 123 Å². The first-order valence-corrected chi connectivity index (χ1v) is 31.5. The highest BCUT2D eigenvalue weighted by molar-refractivity contribution is 7.00. The molecular weight excluding hydrogens is 1070 g/mol. The van der Waals surface area contributed by atoms with E-state index in [1.807, 2.05) is 0 Å². The molecule has 430 valence electrons. The number of nitrogens with zero attached hydrogens (tertiary/aromatic N) is 5. The number of aromatic nitrogens is 3. The Morgan fingerprint density at radius 3 is 0.932 bits per heavy atom. The predicted molar refractivity (Wildman–Crippen MR) is 378 cm³/mol. The van der Waals surface area contributed by atoms with E-state index in [1.54, 1.807) is 0 Å². The molecule has 14 aromatic rings. The molecule has 0 bridgehead atoms. The topological polar surface area (TPSA) is 21.3 Å². The fourth-order valence-electron chi connectivity index (χ4n) is 14.8. The zero-order chi connectivity index (χ0) is 60.5. The summed E-state index contributed by atoms with van der Waals surface area (Å²) in [4.78, 5) is 5.21. The average molecular weight is 1140 g/mol. The highest BCUT2D eigenvalue weighted by atomic mass is 15.2. The number of para-hydroxylation sites is 4. The van der Waals surface area contributed by atoms with Crippen LogP contribution >= 0.6 is 0 Å². The fourth-order valence-corrected chi connectivity index (χ4v) is 14.8. The van der Waals surface area contributed by atoms with Crippen LogP contribution in [0.15, 0.2) is 231 Å². The largest absolute Gasteiger partial charge is 0.311 e. The smallest absolute Gasteiger partial charge is 0.252 e. The minimum absolute atomic E-state index is 0.0135. The molecule has 0 aliphatic carbocycles. The Hall–Kier alpha value is -9.52. The molecule has 5 nitrogen and oxygen atoms in total. The van der Waals surface area contributed by atoms with Gasteiger partial charge in [0, 0.05) is 77.8 Å². The molecule has 0 N–H and O–H groups in total. The maximum Gasteiger partial charge on any atom is 0.252 e. The molecule has 11 aromatic carbocycles. The van der Waals surface area contributed by atoms with Crippen molar-refractivity contribution in [2.45, 2.75) is 105 Å². The Morgan fingerprint density at radius 1 is 0.250 bits per heavy atom. The monoisotopic (exact) mass is 1140 g/mol. The molecule has 2 aliphatic rings. The second-order valence-electron chi connectivity index (χ2n) is 29.1. The lowest BCUT2D eigenvalue weighted by atomic mass is 9.33. The van der Waals surface area contributed by atoms with E-state index in [0.29, 0.717) is 0 Å². The van der Waals surface area contributed by atoms with Crippen LogP contribution < -0.4 is 26.2 Å². The third kappa shape index (κ3) is 8.13. The summed E-state index contributed by atoms with van der Waals surface area (Å²) in [6.07, 6.45) is 0. The zero-order valence-corrected chi connectivity index (χ0v) is 52.8. The molecular formula is C82H74BN5. The highest BCUT2D eigenvalue weighted by Crippen LogP contribution is 2.49. The van der Waals surface area contributed by atoms with E-state index in [-0.39, 0.29) is 28.4 Å². The van der Waals surface area contributed by atoms with Crippen molar-refractivity contribution < 1.29 is 0 Å². The van der Waals surface area contributed by atoms with Gasteiger partial charge < -0.3 is 23.5 Å². The molecule has 0 spiro atoms. The lowest BCUT2D eigenvalue weighted by Crippen LogP contribution is -2.61. The van der Waals surface area contributed by atoms with Gasteiger partial charge in [0.25, 0.3) is 6.71 Å². The molecule has 3 aromatic heterocycles. The summed E-state index contributed by atoms with van der Waals surface area (Å²) < 4.78 is 7.56. The van der Waals surface area contributed by atoms with E-state index in [1.165, 1.54) is 121 Å². The Labute approximate surface area is 517 Å². The molecule has 0 amide bonds. The van der Waals surface area contributed by atoms with E-state index < -0.39 is 0 Å². The van der Waals surface area contributed by atoms with Crippen LogP contribution in [0, 0.1) is 0 Å². The molecule has 0 fully saturated rings. The van der Waals surface area contributed by atoms with Crippen LogP contribution in [0.4, 0.5) is 34.1 Å². The van der Waals surface area contributed by atoms with Gasteiger partial charge in [0.2, 0.25) is 0 Å². The number of fused-ring (bicyclic) bond motifs is 14. The number of hydrogen-bond donors (Lipinski definition) is 0. The summed E-state index contributed by atoms with van der Waals surface area (Å²) in [5.41, 5.74) is 26.5.